The van der Waals surface area contributed by atoms with E-state index in [1.54, 1.807) is 22.9 Å². The summed E-state index contributed by atoms with van der Waals surface area (Å²) < 4.78 is 42.9. The van der Waals surface area contributed by atoms with Gasteiger partial charge in [-0.25, -0.2) is 18.2 Å². The minimum absolute atomic E-state index is 0.230. The first-order chi connectivity index (χ1) is 13.0. The molecule has 27 heavy (non-hydrogen) atoms. The molecule has 0 aliphatic heterocycles. The van der Waals surface area contributed by atoms with Crippen LogP contribution in [0.15, 0.2) is 67.0 Å². The third kappa shape index (κ3) is 3.15. The summed E-state index contributed by atoms with van der Waals surface area (Å²) in [6.07, 6.45) is 3.41. The number of aromatic nitrogens is 2. The zero-order chi connectivity index (χ0) is 19.0. The lowest BCUT2D eigenvalue weighted by atomic mass is 10.1. The Morgan fingerprint density at radius 3 is 2.59 bits per heavy atom. The molecule has 0 unspecified atom stereocenters. The number of hydrogen-bond acceptors (Lipinski definition) is 2. The van der Waals surface area contributed by atoms with Crippen molar-refractivity contribution in [3.8, 4) is 11.3 Å². The van der Waals surface area contributed by atoms with Crippen molar-refractivity contribution in [3.05, 3.63) is 90.0 Å². The van der Waals surface area contributed by atoms with E-state index in [0.29, 0.717) is 23.0 Å². The maximum atomic E-state index is 14.5. The lowest BCUT2D eigenvalue weighted by molar-refractivity contribution is 0.102. The van der Waals surface area contributed by atoms with E-state index in [9.17, 15) is 18.0 Å². The second-order valence-corrected chi connectivity index (χ2v) is 5.85. The van der Waals surface area contributed by atoms with Crippen LogP contribution in [0.1, 0.15) is 10.4 Å². The fourth-order valence-electron chi connectivity index (χ4n) is 2.79. The molecular weight excluding hydrogens is 355 g/mol. The third-order valence-corrected chi connectivity index (χ3v) is 4.11. The summed E-state index contributed by atoms with van der Waals surface area (Å²) >= 11 is 0. The van der Waals surface area contributed by atoms with Gasteiger partial charge in [-0.1, -0.05) is 12.1 Å². The van der Waals surface area contributed by atoms with E-state index in [1.165, 1.54) is 12.1 Å². The lowest BCUT2D eigenvalue weighted by Crippen LogP contribution is -2.15. The summed E-state index contributed by atoms with van der Waals surface area (Å²) in [4.78, 5) is 16.5. The van der Waals surface area contributed by atoms with E-state index < -0.39 is 23.4 Å². The Balaban J connectivity index is 1.64. The minimum atomic E-state index is -0.939. The van der Waals surface area contributed by atoms with Crippen molar-refractivity contribution >= 4 is 17.2 Å². The van der Waals surface area contributed by atoms with E-state index >= 15 is 0 Å². The van der Waals surface area contributed by atoms with Crippen LogP contribution in [0.2, 0.25) is 0 Å². The number of halogens is 3. The fraction of sp³-hybridized carbons (Fsp3) is 0. The van der Waals surface area contributed by atoms with E-state index in [-0.39, 0.29) is 11.3 Å². The number of rotatable bonds is 3. The average molecular weight is 367 g/mol. The first-order valence-corrected chi connectivity index (χ1v) is 8.01. The molecule has 7 heteroatoms. The second kappa shape index (κ2) is 6.60. The highest BCUT2D eigenvalue weighted by Crippen LogP contribution is 2.24. The highest BCUT2D eigenvalue weighted by atomic mass is 19.1. The number of nitrogens with zero attached hydrogens (tertiary/aromatic N) is 2. The van der Waals surface area contributed by atoms with Crippen molar-refractivity contribution in [2.75, 3.05) is 5.32 Å². The van der Waals surface area contributed by atoms with Gasteiger partial charge in [-0.15, -0.1) is 0 Å². The van der Waals surface area contributed by atoms with Gasteiger partial charge >= 0.3 is 0 Å². The average Bonchev–Trinajstić information content (AvgIpc) is 3.08. The number of carbonyl (C=O) groups is 1. The minimum Gasteiger partial charge on any atom is -0.319 e. The summed E-state index contributed by atoms with van der Waals surface area (Å²) in [7, 11) is 0. The third-order valence-electron chi connectivity index (χ3n) is 4.11. The van der Waals surface area contributed by atoms with Gasteiger partial charge in [0.15, 0.2) is 0 Å². The number of carbonyl (C=O) groups excluding carboxylic acids is 1. The van der Waals surface area contributed by atoms with Crippen LogP contribution in [0, 0.1) is 17.5 Å². The molecule has 0 bridgehead atoms. The van der Waals surface area contributed by atoms with E-state index in [4.69, 9.17) is 0 Å². The molecule has 2 heterocycles. The number of pyridine rings is 1. The molecule has 1 amide bonds. The highest BCUT2D eigenvalue weighted by molar-refractivity contribution is 6.04. The molecule has 0 radical (unpaired) electrons. The van der Waals surface area contributed by atoms with Crippen molar-refractivity contribution in [2.24, 2.45) is 0 Å². The van der Waals surface area contributed by atoms with Crippen LogP contribution < -0.4 is 5.32 Å². The molecule has 0 saturated carbocycles. The van der Waals surface area contributed by atoms with Gasteiger partial charge in [-0.2, -0.15) is 0 Å². The SMILES string of the molecule is O=C(Nc1ccc(F)cc1F)c1ccc(-c2cnc3ccccn23)cc1F. The summed E-state index contributed by atoms with van der Waals surface area (Å²) in [5.74, 6) is -3.30. The van der Waals surface area contributed by atoms with E-state index in [2.05, 4.69) is 10.3 Å². The van der Waals surface area contributed by atoms with Gasteiger partial charge in [0.1, 0.15) is 23.1 Å². The van der Waals surface area contributed by atoms with E-state index in [1.807, 2.05) is 18.2 Å². The van der Waals surface area contributed by atoms with Crippen molar-refractivity contribution in [2.45, 2.75) is 0 Å². The number of nitrogens with one attached hydrogen (secondary N) is 1. The van der Waals surface area contributed by atoms with Crippen molar-refractivity contribution < 1.29 is 18.0 Å². The van der Waals surface area contributed by atoms with Crippen molar-refractivity contribution in [1.29, 1.82) is 0 Å². The number of amides is 1. The molecule has 4 rings (SSSR count). The van der Waals surface area contributed by atoms with Gasteiger partial charge in [0.25, 0.3) is 5.91 Å². The first-order valence-electron chi connectivity index (χ1n) is 8.01. The quantitative estimate of drug-likeness (QED) is 0.572. The zero-order valence-electron chi connectivity index (χ0n) is 13.8. The summed E-state index contributed by atoms with van der Waals surface area (Å²) in [6, 6.07) is 12.3. The topological polar surface area (TPSA) is 46.4 Å². The van der Waals surface area contributed by atoms with Gasteiger partial charge < -0.3 is 5.32 Å². The normalized spacial score (nSPS) is 10.9. The standard InChI is InChI=1S/C20H12F3N3O/c21-13-5-7-17(16(23)10-13)25-20(27)14-6-4-12(9-15(14)22)18-11-24-19-3-1-2-8-26(18)19/h1-11H,(H,25,27). The summed E-state index contributed by atoms with van der Waals surface area (Å²) in [6.45, 7) is 0. The molecule has 134 valence electrons. The smallest absolute Gasteiger partial charge is 0.258 e. The summed E-state index contributed by atoms with van der Waals surface area (Å²) in [5, 5.41) is 2.24. The fourth-order valence-corrected chi connectivity index (χ4v) is 2.79. The molecule has 0 aliphatic rings. The Hall–Kier alpha value is -3.61. The van der Waals surface area contributed by atoms with Crippen LogP contribution in [-0.2, 0) is 0 Å². The predicted octanol–water partition coefficient (Wildman–Crippen LogP) is 4.67. The summed E-state index contributed by atoms with van der Waals surface area (Å²) in [5.41, 5.74) is 1.43. The molecule has 4 aromatic rings. The number of benzene rings is 2. The van der Waals surface area contributed by atoms with Gasteiger partial charge in [-0.3, -0.25) is 9.20 Å². The van der Waals surface area contributed by atoms with Gasteiger partial charge in [0.05, 0.1) is 23.1 Å². The molecule has 2 aromatic carbocycles. The highest BCUT2D eigenvalue weighted by Gasteiger charge is 2.16. The van der Waals surface area contributed by atoms with Crippen LogP contribution >= 0.6 is 0 Å². The maximum Gasteiger partial charge on any atom is 0.258 e. The Kier molecular flexibility index (Phi) is 4.12. The Bertz CT molecular complexity index is 1170. The molecule has 0 aliphatic carbocycles. The number of anilines is 1. The van der Waals surface area contributed by atoms with Crippen LogP contribution in [-0.4, -0.2) is 15.3 Å². The van der Waals surface area contributed by atoms with Gasteiger partial charge in [0, 0.05) is 17.8 Å². The van der Waals surface area contributed by atoms with E-state index in [0.717, 1.165) is 12.1 Å². The molecule has 0 saturated heterocycles. The molecule has 4 nitrogen and oxygen atoms in total. The zero-order valence-corrected chi connectivity index (χ0v) is 13.8. The van der Waals surface area contributed by atoms with Crippen molar-refractivity contribution in [3.63, 3.8) is 0 Å². The first kappa shape index (κ1) is 16.8. The molecule has 0 spiro atoms. The lowest BCUT2D eigenvalue weighted by Gasteiger charge is -2.09. The Morgan fingerprint density at radius 1 is 0.963 bits per heavy atom. The van der Waals surface area contributed by atoms with Crippen LogP contribution in [0.3, 0.4) is 0 Å². The second-order valence-electron chi connectivity index (χ2n) is 5.85. The van der Waals surface area contributed by atoms with Gasteiger partial charge in [-0.05, 0) is 36.4 Å². The number of hydrogen-bond donors (Lipinski definition) is 1. The molecule has 1 N–H and O–H groups in total. The number of fused-ring (bicyclic) bond motifs is 1. The molecule has 0 atom stereocenters. The van der Waals surface area contributed by atoms with Gasteiger partial charge in [0.2, 0.25) is 0 Å². The van der Waals surface area contributed by atoms with Crippen LogP contribution in [0.4, 0.5) is 18.9 Å². The molecule has 0 fully saturated rings. The van der Waals surface area contributed by atoms with Crippen LogP contribution in [0.25, 0.3) is 16.9 Å². The monoisotopic (exact) mass is 367 g/mol. The number of imidazole rings is 1. The molecular formula is C20H12F3N3O. The molecule has 2 aromatic heterocycles. The van der Waals surface area contributed by atoms with Crippen LogP contribution in [0.5, 0.6) is 0 Å². The van der Waals surface area contributed by atoms with Crippen molar-refractivity contribution in [1.82, 2.24) is 9.38 Å². The Labute approximate surface area is 151 Å². The largest absolute Gasteiger partial charge is 0.319 e. The maximum absolute atomic E-state index is 14.5. The predicted molar refractivity (Wildman–Crippen MR) is 94.9 cm³/mol. The Morgan fingerprint density at radius 2 is 1.81 bits per heavy atom.